The first-order chi connectivity index (χ1) is 7.11. The molecule has 2 nitrogen and oxygen atoms in total. The minimum Gasteiger partial charge on any atom is -0.404 e. The summed E-state index contributed by atoms with van der Waals surface area (Å²) in [4.78, 5) is 4.55. The average molecular weight is 212 g/mol. The van der Waals surface area contributed by atoms with E-state index < -0.39 is 6.67 Å². The summed E-state index contributed by atoms with van der Waals surface area (Å²) in [5.74, 6) is 0. The van der Waals surface area contributed by atoms with E-state index in [2.05, 4.69) is 11.9 Å². The largest absolute Gasteiger partial charge is 0.404 e. The van der Waals surface area contributed by atoms with Crippen molar-refractivity contribution in [3.63, 3.8) is 0 Å². The van der Waals surface area contributed by atoms with Gasteiger partial charge in [-0.2, -0.15) is 0 Å². The molecule has 0 aromatic rings. The van der Waals surface area contributed by atoms with Crippen LogP contribution in [0.2, 0.25) is 0 Å². The first kappa shape index (κ1) is 12.2. The van der Waals surface area contributed by atoms with Gasteiger partial charge in [-0.15, -0.1) is 0 Å². The lowest BCUT2D eigenvalue weighted by atomic mass is 9.83. The van der Waals surface area contributed by atoms with Crippen LogP contribution in [0.5, 0.6) is 0 Å². The summed E-state index contributed by atoms with van der Waals surface area (Å²) in [7, 11) is 0. The van der Waals surface area contributed by atoms with Crippen LogP contribution in [0.3, 0.4) is 0 Å². The molecule has 0 aromatic carbocycles. The molecule has 0 unspecified atom stereocenters. The predicted molar refractivity (Wildman–Crippen MR) is 62.8 cm³/mol. The van der Waals surface area contributed by atoms with Gasteiger partial charge in [0.1, 0.15) is 6.67 Å². The number of alkyl halides is 1. The van der Waals surface area contributed by atoms with Gasteiger partial charge in [-0.25, -0.2) is 4.39 Å². The van der Waals surface area contributed by atoms with E-state index in [0.717, 1.165) is 18.4 Å². The highest BCUT2D eigenvalue weighted by molar-refractivity contribution is 6.00. The van der Waals surface area contributed by atoms with Crippen molar-refractivity contribution in [3.8, 4) is 0 Å². The molecule has 0 bridgehead atoms. The van der Waals surface area contributed by atoms with E-state index in [1.54, 1.807) is 0 Å². The Balaban J connectivity index is 2.81. The minimum atomic E-state index is -0.519. The molecule has 86 valence electrons. The summed E-state index contributed by atoms with van der Waals surface area (Å²) in [5.41, 5.74) is 6.59. The van der Waals surface area contributed by atoms with E-state index in [4.69, 9.17) is 5.73 Å². The van der Waals surface area contributed by atoms with Crippen LogP contribution < -0.4 is 5.73 Å². The first-order valence-electron chi connectivity index (χ1n) is 5.65. The number of hydrogen-bond acceptors (Lipinski definition) is 2. The lowest BCUT2D eigenvalue weighted by Gasteiger charge is -2.30. The van der Waals surface area contributed by atoms with Gasteiger partial charge in [0.05, 0.1) is 11.3 Å². The molecule has 0 saturated heterocycles. The lowest BCUT2D eigenvalue weighted by molar-refractivity contribution is 0.324. The summed E-state index contributed by atoms with van der Waals surface area (Å²) < 4.78 is 12.8. The Morgan fingerprint density at radius 3 is 2.47 bits per heavy atom. The van der Waals surface area contributed by atoms with Crippen molar-refractivity contribution in [1.82, 2.24) is 0 Å². The highest BCUT2D eigenvalue weighted by atomic mass is 19.1. The zero-order chi connectivity index (χ0) is 11.3. The van der Waals surface area contributed by atoms with Crippen LogP contribution in [0.4, 0.5) is 4.39 Å². The SMILES string of the molecule is CC(=CN)C(CF)=NC1(C)CCCCC1. The number of aliphatic imine (C=N–C) groups is 1. The molecule has 15 heavy (non-hydrogen) atoms. The van der Waals surface area contributed by atoms with E-state index >= 15 is 0 Å². The maximum Gasteiger partial charge on any atom is 0.131 e. The highest BCUT2D eigenvalue weighted by Crippen LogP contribution is 2.31. The third-order valence-corrected chi connectivity index (χ3v) is 3.17. The van der Waals surface area contributed by atoms with Crippen LogP contribution in [0.1, 0.15) is 46.0 Å². The van der Waals surface area contributed by atoms with Crippen molar-refractivity contribution >= 4 is 5.71 Å². The Labute approximate surface area is 91.5 Å². The monoisotopic (exact) mass is 212 g/mol. The van der Waals surface area contributed by atoms with E-state index in [0.29, 0.717) is 5.71 Å². The molecule has 1 aliphatic rings. The normalized spacial score (nSPS) is 22.9. The summed E-state index contributed by atoms with van der Waals surface area (Å²) >= 11 is 0. The van der Waals surface area contributed by atoms with Crippen molar-refractivity contribution < 1.29 is 4.39 Å². The molecule has 0 amide bonds. The maximum atomic E-state index is 12.8. The second-order valence-electron chi connectivity index (χ2n) is 4.60. The van der Waals surface area contributed by atoms with Crippen LogP contribution in [-0.4, -0.2) is 17.9 Å². The lowest BCUT2D eigenvalue weighted by Crippen LogP contribution is -2.27. The van der Waals surface area contributed by atoms with Crippen LogP contribution in [0.15, 0.2) is 16.8 Å². The number of rotatable bonds is 3. The van der Waals surface area contributed by atoms with Gasteiger partial charge >= 0.3 is 0 Å². The maximum absolute atomic E-state index is 12.8. The summed E-state index contributed by atoms with van der Waals surface area (Å²) in [5, 5.41) is 0. The van der Waals surface area contributed by atoms with E-state index in [1.165, 1.54) is 25.5 Å². The van der Waals surface area contributed by atoms with E-state index in [-0.39, 0.29) is 5.54 Å². The molecular formula is C12H21FN2. The summed E-state index contributed by atoms with van der Waals surface area (Å²) in [6.45, 7) is 3.41. The minimum absolute atomic E-state index is 0.0655. The molecule has 0 aromatic heterocycles. The summed E-state index contributed by atoms with van der Waals surface area (Å²) in [6, 6.07) is 0. The van der Waals surface area contributed by atoms with Crippen molar-refractivity contribution in [2.45, 2.75) is 51.5 Å². The van der Waals surface area contributed by atoms with Gasteiger partial charge in [0, 0.05) is 0 Å². The van der Waals surface area contributed by atoms with Gasteiger partial charge in [-0.3, -0.25) is 4.99 Å². The number of hydrogen-bond donors (Lipinski definition) is 1. The molecular weight excluding hydrogens is 191 g/mol. The van der Waals surface area contributed by atoms with Gasteiger partial charge < -0.3 is 5.73 Å². The molecule has 0 aliphatic heterocycles. The molecule has 1 saturated carbocycles. The third-order valence-electron chi connectivity index (χ3n) is 3.17. The van der Waals surface area contributed by atoms with Crippen molar-refractivity contribution in [2.75, 3.05) is 6.67 Å². The number of halogens is 1. The van der Waals surface area contributed by atoms with Crippen LogP contribution in [0.25, 0.3) is 0 Å². The molecule has 1 rings (SSSR count). The van der Waals surface area contributed by atoms with Crippen molar-refractivity contribution in [2.24, 2.45) is 10.7 Å². The molecule has 2 N–H and O–H groups in total. The average Bonchev–Trinajstić information content (AvgIpc) is 2.26. The van der Waals surface area contributed by atoms with Crippen molar-refractivity contribution in [1.29, 1.82) is 0 Å². The van der Waals surface area contributed by atoms with Gasteiger partial charge in [0.2, 0.25) is 0 Å². The van der Waals surface area contributed by atoms with E-state index in [9.17, 15) is 4.39 Å². The zero-order valence-corrected chi connectivity index (χ0v) is 9.72. The van der Waals surface area contributed by atoms with Crippen molar-refractivity contribution in [3.05, 3.63) is 11.8 Å². The van der Waals surface area contributed by atoms with Gasteiger partial charge in [0.15, 0.2) is 0 Å². The fourth-order valence-corrected chi connectivity index (χ4v) is 2.07. The Morgan fingerprint density at radius 2 is 2.00 bits per heavy atom. The first-order valence-corrected chi connectivity index (χ1v) is 5.65. The third kappa shape index (κ3) is 3.33. The Morgan fingerprint density at radius 1 is 1.40 bits per heavy atom. The fourth-order valence-electron chi connectivity index (χ4n) is 2.07. The zero-order valence-electron chi connectivity index (χ0n) is 9.72. The topological polar surface area (TPSA) is 38.4 Å². The predicted octanol–water partition coefficient (Wildman–Crippen LogP) is 2.98. The van der Waals surface area contributed by atoms with Crippen LogP contribution in [-0.2, 0) is 0 Å². The van der Waals surface area contributed by atoms with Crippen LogP contribution >= 0.6 is 0 Å². The molecule has 0 atom stereocenters. The van der Waals surface area contributed by atoms with Gasteiger partial charge in [-0.05, 0) is 38.5 Å². The number of nitrogens with two attached hydrogens (primary N) is 1. The molecule has 1 aliphatic carbocycles. The van der Waals surface area contributed by atoms with Crippen LogP contribution in [0, 0.1) is 0 Å². The molecule has 3 heteroatoms. The van der Waals surface area contributed by atoms with E-state index in [1.807, 2.05) is 6.92 Å². The number of allylic oxidation sites excluding steroid dienone is 1. The molecule has 0 spiro atoms. The second kappa shape index (κ2) is 5.29. The summed E-state index contributed by atoms with van der Waals surface area (Å²) in [6.07, 6.45) is 7.24. The second-order valence-corrected chi connectivity index (χ2v) is 4.60. The Hall–Kier alpha value is -0.860. The standard InChI is InChI=1S/C12H21FN2/c1-10(9-14)11(8-13)15-12(2)6-4-3-5-7-12/h9H,3-8,14H2,1-2H3. The quantitative estimate of drug-likeness (QED) is 0.718. The highest BCUT2D eigenvalue weighted by Gasteiger charge is 2.26. The molecule has 0 heterocycles. The molecule has 0 radical (unpaired) electrons. The fraction of sp³-hybridized carbons (Fsp3) is 0.750. The molecule has 1 fully saturated rings. The van der Waals surface area contributed by atoms with Gasteiger partial charge in [-0.1, -0.05) is 19.3 Å². The smallest absolute Gasteiger partial charge is 0.131 e. The Bertz CT molecular complexity index is 263. The van der Waals surface area contributed by atoms with Gasteiger partial charge in [0.25, 0.3) is 0 Å². The Kier molecular flexibility index (Phi) is 4.30. The number of nitrogens with zero attached hydrogens (tertiary/aromatic N) is 1.